The quantitative estimate of drug-likeness (QED) is 0.857. The molecule has 3 aliphatic rings. The number of rotatable bonds is 6. The van der Waals surface area contributed by atoms with Crippen LogP contribution in [0.1, 0.15) is 56.2 Å². The number of nitrogens with zero attached hydrogens (tertiary/aromatic N) is 4. The van der Waals surface area contributed by atoms with E-state index in [1.165, 1.54) is 18.7 Å². The molecule has 1 aromatic heterocycles. The van der Waals surface area contributed by atoms with Crippen molar-refractivity contribution in [3.8, 4) is 0 Å². The molecule has 2 heterocycles. The first-order chi connectivity index (χ1) is 10.5. The Hall–Kier alpha value is -0.980. The van der Waals surface area contributed by atoms with Crippen LogP contribution in [0.5, 0.6) is 0 Å². The zero-order valence-corrected chi connectivity index (χ0v) is 13.7. The average molecular weight is 305 g/mol. The molecule has 3 fully saturated rings. The number of nitrogens with two attached hydrogens (primary N) is 1. The molecule has 0 atom stereocenters. The molecule has 1 aromatic rings. The van der Waals surface area contributed by atoms with E-state index in [1.54, 1.807) is 0 Å². The normalized spacial score (nSPS) is 30.2. The Morgan fingerprint density at radius 1 is 1.32 bits per heavy atom. The van der Waals surface area contributed by atoms with Gasteiger partial charge in [-0.15, -0.1) is 10.2 Å². The molecule has 6 nitrogen and oxygen atoms in total. The maximum atomic E-state index is 5.95. The molecule has 0 radical (unpaired) electrons. The highest BCUT2D eigenvalue weighted by atomic mass is 16.5. The Kier molecular flexibility index (Phi) is 3.51. The predicted molar refractivity (Wildman–Crippen MR) is 83.5 cm³/mol. The molecule has 0 spiro atoms. The summed E-state index contributed by atoms with van der Waals surface area (Å²) >= 11 is 0. The van der Waals surface area contributed by atoms with Crippen molar-refractivity contribution in [3.05, 3.63) is 11.6 Å². The molecule has 2 N–H and O–H groups in total. The van der Waals surface area contributed by atoms with Crippen LogP contribution in [-0.2, 0) is 11.3 Å². The number of ether oxygens (including phenoxy) is 1. The highest BCUT2D eigenvalue weighted by molar-refractivity contribution is 5.12. The lowest BCUT2D eigenvalue weighted by Gasteiger charge is -2.40. The van der Waals surface area contributed by atoms with Gasteiger partial charge in [-0.25, -0.2) is 0 Å². The molecule has 1 saturated heterocycles. The fourth-order valence-electron chi connectivity index (χ4n) is 3.82. The maximum absolute atomic E-state index is 5.95. The lowest BCUT2D eigenvalue weighted by atomic mass is 9.80. The van der Waals surface area contributed by atoms with Crippen LogP contribution in [0, 0.1) is 5.41 Å². The maximum Gasteiger partial charge on any atom is 0.147 e. The molecular weight excluding hydrogens is 278 g/mol. The van der Waals surface area contributed by atoms with Crippen molar-refractivity contribution < 1.29 is 4.74 Å². The summed E-state index contributed by atoms with van der Waals surface area (Å²) in [7, 11) is 2.18. The summed E-state index contributed by atoms with van der Waals surface area (Å²) in [4.78, 5) is 2.36. The monoisotopic (exact) mass is 305 g/mol. The van der Waals surface area contributed by atoms with Crippen LogP contribution in [0.3, 0.4) is 0 Å². The van der Waals surface area contributed by atoms with Crippen LogP contribution in [0.25, 0.3) is 0 Å². The van der Waals surface area contributed by atoms with Crippen LogP contribution in [-0.4, -0.2) is 52.5 Å². The lowest BCUT2D eigenvalue weighted by molar-refractivity contribution is -0.113. The first-order valence-corrected chi connectivity index (χ1v) is 8.50. The molecule has 2 aliphatic carbocycles. The van der Waals surface area contributed by atoms with Crippen LogP contribution in [0.2, 0.25) is 0 Å². The first kappa shape index (κ1) is 14.6. The van der Waals surface area contributed by atoms with E-state index in [0.29, 0.717) is 23.4 Å². The van der Waals surface area contributed by atoms with Crippen molar-refractivity contribution in [1.29, 1.82) is 0 Å². The summed E-state index contributed by atoms with van der Waals surface area (Å²) in [6, 6.07) is 0.992. The van der Waals surface area contributed by atoms with Gasteiger partial charge < -0.3 is 15.0 Å². The number of hydrogen-bond donors (Lipinski definition) is 1. The van der Waals surface area contributed by atoms with Crippen LogP contribution in [0.4, 0.5) is 0 Å². The second-order valence-corrected chi connectivity index (χ2v) is 7.98. The molecule has 122 valence electrons. The van der Waals surface area contributed by atoms with Crippen molar-refractivity contribution in [3.63, 3.8) is 0 Å². The summed E-state index contributed by atoms with van der Waals surface area (Å²) < 4.78 is 7.78. The van der Waals surface area contributed by atoms with Gasteiger partial charge in [0.15, 0.2) is 0 Å². The van der Waals surface area contributed by atoms with Crippen molar-refractivity contribution in [1.82, 2.24) is 19.7 Å². The van der Waals surface area contributed by atoms with E-state index in [4.69, 9.17) is 10.5 Å². The van der Waals surface area contributed by atoms with Gasteiger partial charge in [0.2, 0.25) is 0 Å². The van der Waals surface area contributed by atoms with Gasteiger partial charge in [0.1, 0.15) is 11.6 Å². The van der Waals surface area contributed by atoms with E-state index in [-0.39, 0.29) is 0 Å². The molecule has 6 heteroatoms. The third-order valence-corrected chi connectivity index (χ3v) is 5.21. The van der Waals surface area contributed by atoms with Crippen LogP contribution >= 0.6 is 0 Å². The number of aromatic nitrogens is 3. The van der Waals surface area contributed by atoms with Crippen molar-refractivity contribution in [2.75, 3.05) is 26.8 Å². The summed E-state index contributed by atoms with van der Waals surface area (Å²) in [5.74, 6) is 2.84. The number of hydrogen-bond acceptors (Lipinski definition) is 5. The SMILES string of the molecule is CN(Cc1nnc(C2CC(N)C2)n1C1CC1)CC1(C)COC1. The summed E-state index contributed by atoms with van der Waals surface area (Å²) in [5.41, 5.74) is 6.26. The second-order valence-electron chi connectivity index (χ2n) is 7.98. The molecule has 2 saturated carbocycles. The van der Waals surface area contributed by atoms with Crippen molar-refractivity contribution in [2.45, 2.75) is 57.2 Å². The van der Waals surface area contributed by atoms with E-state index in [2.05, 4.69) is 33.6 Å². The molecule has 22 heavy (non-hydrogen) atoms. The van der Waals surface area contributed by atoms with E-state index >= 15 is 0 Å². The molecule has 1 aliphatic heterocycles. The lowest BCUT2D eigenvalue weighted by Crippen LogP contribution is -2.47. The molecule has 0 unspecified atom stereocenters. The van der Waals surface area contributed by atoms with E-state index in [1.807, 2.05) is 0 Å². The average Bonchev–Trinajstić information content (AvgIpc) is 3.15. The highest BCUT2D eigenvalue weighted by Gasteiger charge is 2.38. The van der Waals surface area contributed by atoms with E-state index in [0.717, 1.165) is 45.0 Å². The largest absolute Gasteiger partial charge is 0.380 e. The third kappa shape index (κ3) is 2.68. The summed E-state index contributed by atoms with van der Waals surface area (Å²) in [6.45, 7) is 5.96. The van der Waals surface area contributed by atoms with E-state index in [9.17, 15) is 0 Å². The third-order valence-electron chi connectivity index (χ3n) is 5.21. The molecular formula is C16H27N5O. The fraction of sp³-hybridized carbons (Fsp3) is 0.875. The molecule has 0 aromatic carbocycles. The van der Waals surface area contributed by atoms with Gasteiger partial charge in [0.25, 0.3) is 0 Å². The van der Waals surface area contributed by atoms with Gasteiger partial charge in [-0.05, 0) is 32.7 Å². The van der Waals surface area contributed by atoms with Crippen molar-refractivity contribution in [2.24, 2.45) is 11.1 Å². The predicted octanol–water partition coefficient (Wildman–Crippen LogP) is 1.29. The molecule has 0 amide bonds. The minimum Gasteiger partial charge on any atom is -0.380 e. The standard InChI is InChI=1S/C16H27N5O/c1-16(9-22-10-16)8-20(2)7-14-18-19-15(11-5-12(17)6-11)21(14)13-3-4-13/h11-13H,3-10,17H2,1-2H3. The van der Waals surface area contributed by atoms with Gasteiger partial charge in [-0.1, -0.05) is 6.92 Å². The minimum absolute atomic E-state index is 0.308. The first-order valence-electron chi connectivity index (χ1n) is 8.50. The van der Waals surface area contributed by atoms with Crippen molar-refractivity contribution >= 4 is 0 Å². The Labute approximate surface area is 132 Å². The Morgan fingerprint density at radius 3 is 2.59 bits per heavy atom. The van der Waals surface area contributed by atoms with Crippen LogP contribution in [0.15, 0.2) is 0 Å². The van der Waals surface area contributed by atoms with Gasteiger partial charge in [0.05, 0.1) is 19.8 Å². The fourth-order valence-corrected chi connectivity index (χ4v) is 3.82. The smallest absolute Gasteiger partial charge is 0.147 e. The Balaban J connectivity index is 1.47. The van der Waals surface area contributed by atoms with Gasteiger partial charge in [-0.2, -0.15) is 0 Å². The zero-order valence-electron chi connectivity index (χ0n) is 13.7. The molecule has 0 bridgehead atoms. The minimum atomic E-state index is 0.308. The van der Waals surface area contributed by atoms with Gasteiger partial charge >= 0.3 is 0 Å². The van der Waals surface area contributed by atoms with E-state index < -0.39 is 0 Å². The highest BCUT2D eigenvalue weighted by Crippen LogP contribution is 2.42. The Morgan fingerprint density at radius 2 is 2.05 bits per heavy atom. The Bertz CT molecular complexity index is 543. The topological polar surface area (TPSA) is 69.2 Å². The second kappa shape index (κ2) is 5.28. The molecule has 4 rings (SSSR count). The van der Waals surface area contributed by atoms with Gasteiger partial charge in [-0.3, -0.25) is 4.90 Å². The van der Waals surface area contributed by atoms with Gasteiger partial charge in [0, 0.05) is 30.0 Å². The zero-order chi connectivity index (χ0) is 15.3. The summed E-state index contributed by atoms with van der Waals surface area (Å²) in [6.07, 6.45) is 4.67. The van der Waals surface area contributed by atoms with Crippen LogP contribution < -0.4 is 5.73 Å². The summed E-state index contributed by atoms with van der Waals surface area (Å²) in [5, 5.41) is 9.04.